The Morgan fingerprint density at radius 1 is 1.33 bits per heavy atom. The fourth-order valence-corrected chi connectivity index (χ4v) is 1.92. The van der Waals surface area contributed by atoms with Crippen LogP contribution in [0.1, 0.15) is 28.4 Å². The number of nitrogens with zero attached hydrogens (tertiary/aromatic N) is 2. The van der Waals surface area contributed by atoms with Gasteiger partial charge < -0.3 is 11.5 Å². The number of amides is 1. The molecule has 94 valence electrons. The van der Waals surface area contributed by atoms with Crippen LogP contribution in [-0.4, -0.2) is 22.2 Å². The highest BCUT2D eigenvalue weighted by Gasteiger charge is 2.15. The SMILES string of the molecule is NCCC(c1ccccc1)n1cc(C(N)=O)cn1. The van der Waals surface area contributed by atoms with Crippen molar-refractivity contribution in [3.63, 3.8) is 0 Å². The second-order valence-corrected chi connectivity index (χ2v) is 4.08. The molecule has 1 aromatic carbocycles. The molecule has 4 N–H and O–H groups in total. The summed E-state index contributed by atoms with van der Waals surface area (Å²) in [5.74, 6) is -0.471. The summed E-state index contributed by atoms with van der Waals surface area (Å²) in [6.07, 6.45) is 3.90. The predicted molar refractivity (Wildman–Crippen MR) is 69.0 cm³/mol. The molecule has 0 saturated heterocycles. The smallest absolute Gasteiger partial charge is 0.251 e. The minimum atomic E-state index is -0.471. The standard InChI is InChI=1S/C13H16N4O/c14-7-6-12(10-4-2-1-3-5-10)17-9-11(8-16-17)13(15)18/h1-5,8-9,12H,6-7,14H2,(H2,15,18). The number of nitrogens with two attached hydrogens (primary N) is 2. The summed E-state index contributed by atoms with van der Waals surface area (Å²) in [4.78, 5) is 11.1. The van der Waals surface area contributed by atoms with Crippen molar-refractivity contribution in [2.45, 2.75) is 12.5 Å². The van der Waals surface area contributed by atoms with Gasteiger partial charge in [-0.05, 0) is 18.5 Å². The lowest BCUT2D eigenvalue weighted by molar-refractivity contribution is 0.1000. The number of carbonyl (C=O) groups is 1. The lowest BCUT2D eigenvalue weighted by Gasteiger charge is -2.17. The van der Waals surface area contributed by atoms with Crippen LogP contribution < -0.4 is 11.5 Å². The van der Waals surface area contributed by atoms with Crippen molar-refractivity contribution < 1.29 is 4.79 Å². The minimum Gasteiger partial charge on any atom is -0.366 e. The average molecular weight is 244 g/mol. The van der Waals surface area contributed by atoms with E-state index in [1.54, 1.807) is 10.9 Å². The van der Waals surface area contributed by atoms with E-state index < -0.39 is 5.91 Å². The van der Waals surface area contributed by atoms with E-state index in [-0.39, 0.29) is 6.04 Å². The molecule has 1 unspecified atom stereocenters. The molecule has 1 aromatic heterocycles. The minimum absolute atomic E-state index is 0.0318. The highest BCUT2D eigenvalue weighted by molar-refractivity contribution is 5.92. The van der Waals surface area contributed by atoms with Gasteiger partial charge in [-0.3, -0.25) is 9.48 Å². The highest BCUT2D eigenvalue weighted by Crippen LogP contribution is 2.20. The number of carbonyl (C=O) groups excluding carboxylic acids is 1. The van der Waals surface area contributed by atoms with Gasteiger partial charge in [0.15, 0.2) is 0 Å². The molecule has 0 aliphatic heterocycles. The Morgan fingerprint density at radius 2 is 2.06 bits per heavy atom. The first-order chi connectivity index (χ1) is 8.72. The number of hydrogen-bond donors (Lipinski definition) is 2. The molecule has 0 spiro atoms. The van der Waals surface area contributed by atoms with Gasteiger partial charge in [0.2, 0.25) is 0 Å². The molecule has 1 atom stereocenters. The Bertz CT molecular complexity index is 521. The maximum Gasteiger partial charge on any atom is 0.251 e. The second kappa shape index (κ2) is 5.46. The Balaban J connectivity index is 2.32. The van der Waals surface area contributed by atoms with Gasteiger partial charge in [-0.15, -0.1) is 0 Å². The van der Waals surface area contributed by atoms with E-state index >= 15 is 0 Å². The van der Waals surface area contributed by atoms with E-state index in [1.165, 1.54) is 6.20 Å². The molecule has 2 rings (SSSR count). The zero-order valence-electron chi connectivity index (χ0n) is 9.99. The average Bonchev–Trinajstić information content (AvgIpc) is 2.86. The van der Waals surface area contributed by atoms with E-state index in [1.807, 2.05) is 30.3 Å². The van der Waals surface area contributed by atoms with Crippen molar-refractivity contribution in [1.82, 2.24) is 9.78 Å². The lowest BCUT2D eigenvalue weighted by atomic mass is 10.0. The summed E-state index contributed by atoms with van der Waals surface area (Å²) >= 11 is 0. The quantitative estimate of drug-likeness (QED) is 0.819. The third-order valence-corrected chi connectivity index (χ3v) is 2.83. The van der Waals surface area contributed by atoms with Gasteiger partial charge in [-0.1, -0.05) is 30.3 Å². The molecular weight excluding hydrogens is 228 g/mol. The summed E-state index contributed by atoms with van der Waals surface area (Å²) in [6, 6.07) is 9.97. The van der Waals surface area contributed by atoms with Gasteiger partial charge >= 0.3 is 0 Å². The third kappa shape index (κ3) is 2.57. The second-order valence-electron chi connectivity index (χ2n) is 4.08. The van der Waals surface area contributed by atoms with Gasteiger partial charge in [0.25, 0.3) is 5.91 Å². The van der Waals surface area contributed by atoms with Gasteiger partial charge in [-0.25, -0.2) is 0 Å². The lowest BCUT2D eigenvalue weighted by Crippen LogP contribution is -2.16. The highest BCUT2D eigenvalue weighted by atomic mass is 16.1. The van der Waals surface area contributed by atoms with Crippen LogP contribution in [0.2, 0.25) is 0 Å². The van der Waals surface area contributed by atoms with Crippen LogP contribution >= 0.6 is 0 Å². The van der Waals surface area contributed by atoms with Crippen molar-refractivity contribution in [1.29, 1.82) is 0 Å². The first kappa shape index (κ1) is 12.3. The number of benzene rings is 1. The monoisotopic (exact) mass is 244 g/mol. The number of hydrogen-bond acceptors (Lipinski definition) is 3. The number of primary amides is 1. The van der Waals surface area contributed by atoms with E-state index in [4.69, 9.17) is 11.5 Å². The largest absolute Gasteiger partial charge is 0.366 e. The Morgan fingerprint density at radius 3 is 2.61 bits per heavy atom. The molecule has 0 aliphatic carbocycles. The first-order valence-corrected chi connectivity index (χ1v) is 5.81. The molecule has 0 aliphatic rings. The fourth-order valence-electron chi connectivity index (χ4n) is 1.92. The Hall–Kier alpha value is -2.14. The molecule has 1 amide bonds. The summed E-state index contributed by atoms with van der Waals surface area (Å²) in [5, 5.41) is 4.19. The van der Waals surface area contributed by atoms with Crippen molar-refractivity contribution in [3.8, 4) is 0 Å². The van der Waals surface area contributed by atoms with Crippen molar-refractivity contribution in [2.24, 2.45) is 11.5 Å². The summed E-state index contributed by atoms with van der Waals surface area (Å²) in [6.45, 7) is 0.547. The van der Waals surface area contributed by atoms with Gasteiger partial charge in [0, 0.05) is 6.20 Å². The molecule has 0 bridgehead atoms. The predicted octanol–water partition coefficient (Wildman–Crippen LogP) is 0.920. The molecule has 0 fully saturated rings. The zero-order chi connectivity index (χ0) is 13.0. The third-order valence-electron chi connectivity index (χ3n) is 2.83. The molecule has 5 heteroatoms. The summed E-state index contributed by atoms with van der Waals surface area (Å²) in [5.41, 5.74) is 12.4. The van der Waals surface area contributed by atoms with E-state index in [2.05, 4.69) is 5.10 Å². The van der Waals surface area contributed by atoms with Crippen LogP contribution in [0.5, 0.6) is 0 Å². The summed E-state index contributed by atoms with van der Waals surface area (Å²) in [7, 11) is 0. The van der Waals surface area contributed by atoms with E-state index in [0.29, 0.717) is 12.1 Å². The van der Waals surface area contributed by atoms with Gasteiger partial charge in [-0.2, -0.15) is 5.10 Å². The molecule has 18 heavy (non-hydrogen) atoms. The van der Waals surface area contributed by atoms with Crippen LogP contribution in [0, 0.1) is 0 Å². The zero-order valence-corrected chi connectivity index (χ0v) is 9.99. The molecule has 1 heterocycles. The van der Waals surface area contributed by atoms with Crippen molar-refractivity contribution >= 4 is 5.91 Å². The molecular formula is C13H16N4O. The maximum absolute atomic E-state index is 11.1. The first-order valence-electron chi connectivity index (χ1n) is 5.81. The maximum atomic E-state index is 11.1. The van der Waals surface area contributed by atoms with Gasteiger partial charge in [0.1, 0.15) is 0 Å². The van der Waals surface area contributed by atoms with Crippen LogP contribution in [0.4, 0.5) is 0 Å². The Kier molecular flexibility index (Phi) is 3.74. The summed E-state index contributed by atoms with van der Waals surface area (Å²) < 4.78 is 1.74. The van der Waals surface area contributed by atoms with Crippen molar-refractivity contribution in [3.05, 3.63) is 53.9 Å². The van der Waals surface area contributed by atoms with Crippen LogP contribution in [0.3, 0.4) is 0 Å². The van der Waals surface area contributed by atoms with E-state index in [9.17, 15) is 4.79 Å². The van der Waals surface area contributed by atoms with Crippen LogP contribution in [-0.2, 0) is 0 Å². The van der Waals surface area contributed by atoms with Crippen LogP contribution in [0.15, 0.2) is 42.7 Å². The number of rotatable bonds is 5. The van der Waals surface area contributed by atoms with Gasteiger partial charge in [0.05, 0.1) is 17.8 Å². The Labute approximate surface area is 105 Å². The van der Waals surface area contributed by atoms with Crippen LogP contribution in [0.25, 0.3) is 0 Å². The fraction of sp³-hybridized carbons (Fsp3) is 0.231. The molecule has 5 nitrogen and oxygen atoms in total. The van der Waals surface area contributed by atoms with Crippen molar-refractivity contribution in [2.75, 3.05) is 6.54 Å². The van der Waals surface area contributed by atoms with E-state index in [0.717, 1.165) is 12.0 Å². The topological polar surface area (TPSA) is 86.9 Å². The number of aromatic nitrogens is 2. The molecule has 2 aromatic rings. The molecule has 0 saturated carbocycles. The molecule has 0 radical (unpaired) electrons. The normalized spacial score (nSPS) is 12.3.